The second kappa shape index (κ2) is 5.89. The molecule has 0 radical (unpaired) electrons. The fourth-order valence-electron chi connectivity index (χ4n) is 1.91. The number of alkyl halides is 3. The predicted octanol–water partition coefficient (Wildman–Crippen LogP) is 4.09. The van der Waals surface area contributed by atoms with Crippen molar-refractivity contribution in [3.63, 3.8) is 0 Å². The first-order valence-electron chi connectivity index (χ1n) is 6.14. The van der Waals surface area contributed by atoms with E-state index in [0.717, 1.165) is 17.2 Å². The Balaban J connectivity index is 2.27. The molecule has 0 aliphatic carbocycles. The molecule has 0 saturated carbocycles. The van der Waals surface area contributed by atoms with Crippen molar-refractivity contribution in [1.29, 1.82) is 0 Å². The standard InChI is InChI=1S/C14H13ClF3N3/c1-9-4-3-5-10(6-9)8-21(2)12-7-11(14(16,17)18)19-13(15)20-12/h3-7H,8H2,1-2H3. The molecule has 1 aromatic carbocycles. The minimum Gasteiger partial charge on any atom is -0.355 e. The van der Waals surface area contributed by atoms with E-state index in [1.807, 2.05) is 31.2 Å². The van der Waals surface area contributed by atoms with Gasteiger partial charge in [0, 0.05) is 19.7 Å². The molecule has 112 valence electrons. The average molecular weight is 316 g/mol. The van der Waals surface area contributed by atoms with Gasteiger partial charge < -0.3 is 4.90 Å². The molecule has 0 unspecified atom stereocenters. The molecule has 2 aromatic rings. The molecule has 0 atom stereocenters. The van der Waals surface area contributed by atoms with Crippen LogP contribution in [0, 0.1) is 6.92 Å². The molecule has 0 bridgehead atoms. The quantitative estimate of drug-likeness (QED) is 0.799. The van der Waals surface area contributed by atoms with Crippen LogP contribution in [0.3, 0.4) is 0 Å². The van der Waals surface area contributed by atoms with Gasteiger partial charge in [0.2, 0.25) is 5.28 Å². The zero-order chi connectivity index (χ0) is 15.6. The van der Waals surface area contributed by atoms with E-state index < -0.39 is 17.2 Å². The van der Waals surface area contributed by atoms with Crippen molar-refractivity contribution in [2.75, 3.05) is 11.9 Å². The summed E-state index contributed by atoms with van der Waals surface area (Å²) in [5, 5.41) is -0.420. The van der Waals surface area contributed by atoms with Crippen LogP contribution >= 0.6 is 11.6 Å². The van der Waals surface area contributed by atoms with Crippen LogP contribution in [0.25, 0.3) is 0 Å². The number of hydrogen-bond acceptors (Lipinski definition) is 3. The summed E-state index contributed by atoms with van der Waals surface area (Å²) in [4.78, 5) is 8.65. The highest BCUT2D eigenvalue weighted by Gasteiger charge is 2.33. The Labute approximate surface area is 125 Å². The third-order valence-corrected chi connectivity index (χ3v) is 3.04. The van der Waals surface area contributed by atoms with Gasteiger partial charge in [-0.05, 0) is 24.1 Å². The maximum Gasteiger partial charge on any atom is 0.433 e. The first kappa shape index (κ1) is 15.6. The third-order valence-electron chi connectivity index (χ3n) is 2.87. The van der Waals surface area contributed by atoms with Crippen molar-refractivity contribution in [2.24, 2.45) is 0 Å². The number of hydrogen-bond donors (Lipinski definition) is 0. The lowest BCUT2D eigenvalue weighted by atomic mass is 10.1. The van der Waals surface area contributed by atoms with E-state index in [1.165, 1.54) is 0 Å². The minimum atomic E-state index is -4.55. The smallest absolute Gasteiger partial charge is 0.355 e. The third kappa shape index (κ3) is 4.07. The van der Waals surface area contributed by atoms with Crippen LogP contribution in [-0.2, 0) is 12.7 Å². The molecule has 21 heavy (non-hydrogen) atoms. The summed E-state index contributed by atoms with van der Waals surface area (Å²) in [6.07, 6.45) is -4.55. The van der Waals surface area contributed by atoms with Gasteiger partial charge in [-0.2, -0.15) is 13.2 Å². The second-order valence-electron chi connectivity index (χ2n) is 4.72. The number of aromatic nitrogens is 2. The Morgan fingerprint density at radius 3 is 2.52 bits per heavy atom. The predicted molar refractivity (Wildman–Crippen MR) is 75.3 cm³/mol. The second-order valence-corrected chi connectivity index (χ2v) is 5.06. The van der Waals surface area contributed by atoms with Crippen molar-refractivity contribution in [2.45, 2.75) is 19.6 Å². The van der Waals surface area contributed by atoms with Gasteiger partial charge in [-0.25, -0.2) is 9.97 Å². The van der Waals surface area contributed by atoms with Gasteiger partial charge in [0.15, 0.2) is 5.69 Å². The number of nitrogens with zero attached hydrogens (tertiary/aromatic N) is 3. The Morgan fingerprint density at radius 2 is 1.90 bits per heavy atom. The highest BCUT2D eigenvalue weighted by atomic mass is 35.5. The van der Waals surface area contributed by atoms with E-state index in [2.05, 4.69) is 9.97 Å². The maximum absolute atomic E-state index is 12.7. The number of rotatable bonds is 3. The van der Waals surface area contributed by atoms with Crippen molar-refractivity contribution in [3.8, 4) is 0 Å². The summed E-state index contributed by atoms with van der Waals surface area (Å²) in [5.41, 5.74) is 1.01. The number of halogens is 4. The minimum absolute atomic E-state index is 0.129. The van der Waals surface area contributed by atoms with Gasteiger partial charge in [0.1, 0.15) is 5.82 Å². The fraction of sp³-hybridized carbons (Fsp3) is 0.286. The number of benzene rings is 1. The van der Waals surface area contributed by atoms with Crippen molar-refractivity contribution in [1.82, 2.24) is 9.97 Å². The van der Waals surface area contributed by atoms with Gasteiger partial charge in [-0.3, -0.25) is 0 Å². The molecule has 7 heteroatoms. The highest BCUT2D eigenvalue weighted by molar-refractivity contribution is 6.28. The SMILES string of the molecule is Cc1cccc(CN(C)c2cc(C(F)(F)F)nc(Cl)n2)c1. The zero-order valence-corrected chi connectivity index (χ0v) is 12.2. The summed E-state index contributed by atoms with van der Waals surface area (Å²) in [7, 11) is 1.65. The first-order valence-corrected chi connectivity index (χ1v) is 6.52. The zero-order valence-electron chi connectivity index (χ0n) is 11.4. The van der Waals surface area contributed by atoms with Crippen LogP contribution in [0.15, 0.2) is 30.3 Å². The lowest BCUT2D eigenvalue weighted by molar-refractivity contribution is -0.141. The molecule has 1 aromatic heterocycles. The normalized spacial score (nSPS) is 11.5. The van der Waals surface area contributed by atoms with Crippen molar-refractivity contribution >= 4 is 17.4 Å². The fourth-order valence-corrected chi connectivity index (χ4v) is 2.09. The summed E-state index contributed by atoms with van der Waals surface area (Å²) in [6, 6.07) is 8.60. The molecule has 0 aliphatic rings. The van der Waals surface area contributed by atoms with Gasteiger partial charge in [-0.15, -0.1) is 0 Å². The van der Waals surface area contributed by atoms with Crippen molar-refractivity contribution in [3.05, 3.63) is 52.4 Å². The summed E-state index contributed by atoms with van der Waals surface area (Å²) in [6.45, 7) is 2.37. The molecule has 0 amide bonds. The molecular formula is C14H13ClF3N3. The monoisotopic (exact) mass is 315 g/mol. The number of aryl methyl sites for hydroxylation is 1. The van der Waals surface area contributed by atoms with Crippen LogP contribution in [0.2, 0.25) is 5.28 Å². The molecule has 1 heterocycles. The maximum atomic E-state index is 12.7. The van der Waals surface area contributed by atoms with Crippen LogP contribution in [-0.4, -0.2) is 17.0 Å². The molecule has 3 nitrogen and oxygen atoms in total. The Kier molecular flexibility index (Phi) is 4.37. The Morgan fingerprint density at radius 1 is 1.19 bits per heavy atom. The molecule has 0 N–H and O–H groups in total. The van der Waals surface area contributed by atoms with E-state index in [-0.39, 0.29) is 5.82 Å². The molecule has 0 spiro atoms. The molecule has 0 aliphatic heterocycles. The van der Waals surface area contributed by atoms with Gasteiger partial charge in [0.05, 0.1) is 0 Å². The average Bonchev–Trinajstić information content (AvgIpc) is 2.37. The van der Waals surface area contributed by atoms with E-state index >= 15 is 0 Å². The summed E-state index contributed by atoms with van der Waals surface area (Å²) >= 11 is 5.58. The van der Waals surface area contributed by atoms with E-state index in [1.54, 1.807) is 11.9 Å². The number of anilines is 1. The molecular weight excluding hydrogens is 303 g/mol. The topological polar surface area (TPSA) is 29.0 Å². The van der Waals surface area contributed by atoms with Crippen LogP contribution in [0.4, 0.5) is 19.0 Å². The van der Waals surface area contributed by atoms with Crippen LogP contribution in [0.1, 0.15) is 16.8 Å². The molecule has 0 saturated heterocycles. The van der Waals surface area contributed by atoms with Crippen LogP contribution < -0.4 is 4.90 Å². The van der Waals surface area contributed by atoms with Crippen molar-refractivity contribution < 1.29 is 13.2 Å². The summed E-state index contributed by atoms with van der Waals surface area (Å²) < 4.78 is 38.2. The van der Waals surface area contributed by atoms with Crippen LogP contribution in [0.5, 0.6) is 0 Å². The highest BCUT2D eigenvalue weighted by Crippen LogP contribution is 2.30. The lowest BCUT2D eigenvalue weighted by Gasteiger charge is -2.19. The molecule has 2 rings (SSSR count). The van der Waals surface area contributed by atoms with E-state index in [0.29, 0.717) is 6.54 Å². The first-order chi connectivity index (χ1) is 9.75. The lowest BCUT2D eigenvalue weighted by Crippen LogP contribution is -2.20. The summed E-state index contributed by atoms with van der Waals surface area (Å²) in [5.74, 6) is 0.129. The van der Waals surface area contributed by atoms with Gasteiger partial charge >= 0.3 is 6.18 Å². The van der Waals surface area contributed by atoms with Gasteiger partial charge in [-0.1, -0.05) is 29.8 Å². The van der Waals surface area contributed by atoms with E-state index in [4.69, 9.17) is 11.6 Å². The Bertz CT molecular complexity index is 644. The van der Waals surface area contributed by atoms with Gasteiger partial charge in [0.25, 0.3) is 0 Å². The van der Waals surface area contributed by atoms with E-state index in [9.17, 15) is 13.2 Å². The largest absolute Gasteiger partial charge is 0.433 e. The molecule has 0 fully saturated rings. The Hall–Kier alpha value is -1.82.